The highest BCUT2D eigenvalue weighted by molar-refractivity contribution is 7.15. The molecule has 4 nitrogen and oxygen atoms in total. The van der Waals surface area contributed by atoms with Gasteiger partial charge < -0.3 is 0 Å². The van der Waals surface area contributed by atoms with Gasteiger partial charge in [-0.1, -0.05) is 20.8 Å². The maximum Gasteiger partial charge on any atom is 0.269 e. The van der Waals surface area contributed by atoms with Gasteiger partial charge in [0.2, 0.25) is 0 Å². The summed E-state index contributed by atoms with van der Waals surface area (Å²) in [5, 5.41) is 6.11. The molecule has 0 fully saturated rings. The SMILES string of the molecule is Cc1nc(C(C)(C)C)sc1C(=O)Nc1nc(-c2ccc(F)cc2)cs1. The van der Waals surface area contributed by atoms with Crippen molar-refractivity contribution < 1.29 is 9.18 Å². The van der Waals surface area contributed by atoms with Crippen LogP contribution in [0, 0.1) is 12.7 Å². The molecule has 130 valence electrons. The second kappa shape index (κ2) is 6.65. The van der Waals surface area contributed by atoms with Crippen LogP contribution in [-0.4, -0.2) is 15.9 Å². The number of hydrogen-bond donors (Lipinski definition) is 1. The minimum Gasteiger partial charge on any atom is -0.297 e. The van der Waals surface area contributed by atoms with E-state index in [0.717, 1.165) is 16.3 Å². The zero-order chi connectivity index (χ0) is 18.2. The number of nitrogens with one attached hydrogen (secondary N) is 1. The Kier molecular flexibility index (Phi) is 4.71. The lowest BCUT2D eigenvalue weighted by atomic mass is 9.98. The van der Waals surface area contributed by atoms with Crippen molar-refractivity contribution in [3.05, 3.63) is 51.0 Å². The van der Waals surface area contributed by atoms with E-state index in [4.69, 9.17) is 0 Å². The van der Waals surface area contributed by atoms with Crippen molar-refractivity contribution in [2.75, 3.05) is 5.32 Å². The number of carbonyl (C=O) groups is 1. The van der Waals surface area contributed by atoms with Gasteiger partial charge in [0.05, 0.1) is 16.4 Å². The summed E-state index contributed by atoms with van der Waals surface area (Å²) in [5.41, 5.74) is 2.15. The first-order chi connectivity index (χ1) is 11.7. The number of hydrogen-bond acceptors (Lipinski definition) is 5. The number of rotatable bonds is 3. The lowest BCUT2D eigenvalue weighted by molar-refractivity contribution is 0.103. The molecule has 0 spiro atoms. The fourth-order valence-corrected chi connectivity index (χ4v) is 3.90. The van der Waals surface area contributed by atoms with Gasteiger partial charge in [0.1, 0.15) is 10.7 Å². The predicted octanol–water partition coefficient (Wildman–Crippen LogP) is 5.26. The molecule has 0 aliphatic rings. The quantitative estimate of drug-likeness (QED) is 0.679. The molecule has 1 amide bonds. The Balaban J connectivity index is 1.78. The normalized spacial score (nSPS) is 11.6. The lowest BCUT2D eigenvalue weighted by Crippen LogP contribution is -2.11. The molecule has 0 saturated carbocycles. The molecule has 0 bridgehead atoms. The minimum atomic E-state index is -0.289. The van der Waals surface area contributed by atoms with E-state index in [9.17, 15) is 9.18 Å². The van der Waals surface area contributed by atoms with Crippen LogP contribution in [0.5, 0.6) is 0 Å². The van der Waals surface area contributed by atoms with Gasteiger partial charge in [0, 0.05) is 16.4 Å². The molecule has 2 aromatic heterocycles. The van der Waals surface area contributed by atoms with Gasteiger partial charge in [-0.3, -0.25) is 10.1 Å². The van der Waals surface area contributed by atoms with Crippen molar-refractivity contribution in [2.24, 2.45) is 0 Å². The van der Waals surface area contributed by atoms with E-state index in [0.29, 0.717) is 15.7 Å². The Morgan fingerprint density at radius 2 is 1.84 bits per heavy atom. The van der Waals surface area contributed by atoms with Gasteiger partial charge in [0.15, 0.2) is 5.13 Å². The Bertz CT molecular complexity index is 907. The molecule has 0 unspecified atom stereocenters. The average Bonchev–Trinajstić information content (AvgIpc) is 3.14. The fraction of sp³-hybridized carbons (Fsp3) is 0.278. The maximum atomic E-state index is 13.0. The van der Waals surface area contributed by atoms with E-state index in [2.05, 4.69) is 36.1 Å². The summed E-state index contributed by atoms with van der Waals surface area (Å²) >= 11 is 2.75. The van der Waals surface area contributed by atoms with E-state index in [1.807, 2.05) is 12.3 Å². The number of aryl methyl sites for hydroxylation is 1. The molecule has 7 heteroatoms. The highest BCUT2D eigenvalue weighted by Crippen LogP contribution is 2.30. The van der Waals surface area contributed by atoms with Gasteiger partial charge in [-0.05, 0) is 31.2 Å². The molecule has 0 radical (unpaired) electrons. The molecule has 2 heterocycles. The number of amides is 1. The number of carbonyl (C=O) groups excluding carboxylic acids is 1. The van der Waals surface area contributed by atoms with Crippen molar-refractivity contribution in [3.8, 4) is 11.3 Å². The maximum absolute atomic E-state index is 13.0. The number of benzene rings is 1. The second-order valence-electron chi connectivity index (χ2n) is 6.68. The first-order valence-electron chi connectivity index (χ1n) is 7.75. The number of thiazole rings is 2. The van der Waals surface area contributed by atoms with Gasteiger partial charge in [0.25, 0.3) is 5.91 Å². The number of halogens is 1. The van der Waals surface area contributed by atoms with Crippen LogP contribution in [-0.2, 0) is 5.41 Å². The molecule has 0 aliphatic heterocycles. The molecular weight excluding hydrogens is 357 g/mol. The molecule has 25 heavy (non-hydrogen) atoms. The summed E-state index contributed by atoms with van der Waals surface area (Å²) in [6, 6.07) is 6.11. The van der Waals surface area contributed by atoms with Crippen molar-refractivity contribution in [1.82, 2.24) is 9.97 Å². The van der Waals surface area contributed by atoms with Crippen LogP contribution in [0.15, 0.2) is 29.6 Å². The first kappa shape index (κ1) is 17.7. The monoisotopic (exact) mass is 375 g/mol. The Labute approximate surface area is 153 Å². The lowest BCUT2D eigenvalue weighted by Gasteiger charge is -2.13. The van der Waals surface area contributed by atoms with Crippen molar-refractivity contribution in [3.63, 3.8) is 0 Å². The van der Waals surface area contributed by atoms with Gasteiger partial charge in [-0.25, -0.2) is 14.4 Å². The third-order valence-electron chi connectivity index (χ3n) is 3.51. The highest BCUT2D eigenvalue weighted by Gasteiger charge is 2.23. The minimum absolute atomic E-state index is 0.0924. The molecular formula is C18H18FN3OS2. The molecule has 3 aromatic rings. The fourth-order valence-electron chi connectivity index (χ4n) is 2.17. The van der Waals surface area contributed by atoms with Crippen molar-refractivity contribution in [1.29, 1.82) is 0 Å². The van der Waals surface area contributed by atoms with Crippen LogP contribution >= 0.6 is 22.7 Å². The Morgan fingerprint density at radius 3 is 2.44 bits per heavy atom. The number of anilines is 1. The standard InChI is InChI=1S/C18H18FN3OS2/c1-10-14(25-16(20-10)18(2,3)4)15(23)22-17-21-13(9-24-17)11-5-7-12(19)8-6-11/h5-9H,1-4H3,(H,21,22,23). The van der Waals surface area contributed by atoms with Gasteiger partial charge in [-0.15, -0.1) is 22.7 Å². The van der Waals surface area contributed by atoms with Crippen LogP contribution in [0.3, 0.4) is 0 Å². The molecule has 0 saturated heterocycles. The summed E-state index contributed by atoms with van der Waals surface area (Å²) in [5.74, 6) is -0.492. The molecule has 1 aromatic carbocycles. The summed E-state index contributed by atoms with van der Waals surface area (Å²) in [4.78, 5) is 22.1. The zero-order valence-corrected chi connectivity index (χ0v) is 16.0. The van der Waals surface area contributed by atoms with E-state index >= 15 is 0 Å². The third-order valence-corrected chi connectivity index (χ3v) is 5.85. The molecule has 1 N–H and O–H groups in total. The molecule has 0 atom stereocenters. The number of aromatic nitrogens is 2. The van der Waals surface area contributed by atoms with Crippen LogP contribution in [0.1, 0.15) is 41.1 Å². The topological polar surface area (TPSA) is 54.9 Å². The molecule has 0 aliphatic carbocycles. The molecule has 3 rings (SSSR count). The van der Waals surface area contributed by atoms with E-state index < -0.39 is 0 Å². The van der Waals surface area contributed by atoms with Gasteiger partial charge >= 0.3 is 0 Å². The zero-order valence-electron chi connectivity index (χ0n) is 14.4. The third kappa shape index (κ3) is 3.93. The highest BCUT2D eigenvalue weighted by atomic mass is 32.1. The summed E-state index contributed by atoms with van der Waals surface area (Å²) in [7, 11) is 0. The Morgan fingerprint density at radius 1 is 1.16 bits per heavy atom. The van der Waals surface area contributed by atoms with Crippen LogP contribution in [0.25, 0.3) is 11.3 Å². The average molecular weight is 375 g/mol. The van der Waals surface area contributed by atoms with Crippen LogP contribution < -0.4 is 5.32 Å². The second-order valence-corrected chi connectivity index (χ2v) is 8.54. The summed E-state index contributed by atoms with van der Waals surface area (Å²) < 4.78 is 13.0. The first-order valence-corrected chi connectivity index (χ1v) is 9.44. The van der Waals surface area contributed by atoms with E-state index in [1.54, 1.807) is 12.1 Å². The van der Waals surface area contributed by atoms with Crippen molar-refractivity contribution >= 4 is 33.7 Å². The predicted molar refractivity (Wildman–Crippen MR) is 101 cm³/mol. The largest absolute Gasteiger partial charge is 0.297 e. The van der Waals surface area contributed by atoms with E-state index in [-0.39, 0.29) is 17.1 Å². The Hall–Kier alpha value is -2.12. The smallest absolute Gasteiger partial charge is 0.269 e. The van der Waals surface area contributed by atoms with Crippen LogP contribution in [0.4, 0.5) is 9.52 Å². The number of nitrogens with zero attached hydrogens (tertiary/aromatic N) is 2. The van der Waals surface area contributed by atoms with E-state index in [1.165, 1.54) is 34.8 Å². The van der Waals surface area contributed by atoms with Gasteiger partial charge in [-0.2, -0.15) is 0 Å². The van der Waals surface area contributed by atoms with Crippen LogP contribution in [0.2, 0.25) is 0 Å². The summed E-state index contributed by atoms with van der Waals surface area (Å²) in [6.45, 7) is 8.06. The van der Waals surface area contributed by atoms with Crippen molar-refractivity contribution in [2.45, 2.75) is 33.1 Å². The summed E-state index contributed by atoms with van der Waals surface area (Å²) in [6.07, 6.45) is 0.